The highest BCUT2D eigenvalue weighted by atomic mass is 19.1. The van der Waals surface area contributed by atoms with E-state index in [1.807, 2.05) is 0 Å². The van der Waals surface area contributed by atoms with Crippen molar-refractivity contribution in [3.63, 3.8) is 0 Å². The smallest absolute Gasteiger partial charge is 0.197 e. The van der Waals surface area contributed by atoms with Crippen LogP contribution in [0.5, 0.6) is 5.75 Å². The maximum Gasteiger partial charge on any atom is 0.197 e. The second-order valence-electron chi connectivity index (χ2n) is 5.77. The Bertz CT molecular complexity index is 894. The maximum absolute atomic E-state index is 13.7. The minimum atomic E-state index is -0.356. The van der Waals surface area contributed by atoms with E-state index in [0.717, 1.165) is 0 Å². The van der Waals surface area contributed by atoms with Gasteiger partial charge in [0, 0.05) is 23.1 Å². The molecule has 0 bridgehead atoms. The van der Waals surface area contributed by atoms with Gasteiger partial charge >= 0.3 is 0 Å². The zero-order valence-corrected chi connectivity index (χ0v) is 13.8. The van der Waals surface area contributed by atoms with Crippen molar-refractivity contribution >= 4 is 11.6 Å². The molecule has 0 unspecified atom stereocenters. The Morgan fingerprint density at radius 3 is 2.64 bits per heavy atom. The lowest BCUT2D eigenvalue weighted by molar-refractivity contribution is -0.114. The number of carbonyl (C=O) groups is 2. The number of halogens is 1. The summed E-state index contributed by atoms with van der Waals surface area (Å²) in [6, 6.07) is 13.1. The Morgan fingerprint density at radius 2 is 1.84 bits per heavy atom. The van der Waals surface area contributed by atoms with Gasteiger partial charge in [-0.25, -0.2) is 4.39 Å². The average Bonchev–Trinajstić information content (AvgIpc) is 2.63. The zero-order valence-electron chi connectivity index (χ0n) is 13.8. The van der Waals surface area contributed by atoms with Crippen molar-refractivity contribution in [2.75, 3.05) is 0 Å². The molecule has 0 saturated heterocycles. The number of allylic oxidation sites excluding steroid dienone is 4. The summed E-state index contributed by atoms with van der Waals surface area (Å²) in [5.74, 6) is -0.324. The van der Waals surface area contributed by atoms with Crippen molar-refractivity contribution < 1.29 is 18.7 Å². The molecule has 2 aromatic carbocycles. The Balaban J connectivity index is 1.88. The van der Waals surface area contributed by atoms with Crippen LogP contribution in [0.4, 0.5) is 4.39 Å². The fourth-order valence-electron chi connectivity index (χ4n) is 2.65. The molecule has 0 N–H and O–H groups in total. The Hall–Kier alpha value is -3.01. The number of rotatable bonds is 5. The van der Waals surface area contributed by atoms with Crippen molar-refractivity contribution in [3.8, 4) is 5.75 Å². The highest BCUT2D eigenvalue weighted by Gasteiger charge is 2.22. The Morgan fingerprint density at radius 1 is 1.12 bits per heavy atom. The number of hydrogen-bond donors (Lipinski definition) is 0. The van der Waals surface area contributed by atoms with Gasteiger partial charge in [0.15, 0.2) is 11.6 Å². The zero-order chi connectivity index (χ0) is 17.8. The second-order valence-corrected chi connectivity index (χ2v) is 5.77. The predicted molar refractivity (Wildman–Crippen MR) is 93.0 cm³/mol. The monoisotopic (exact) mass is 336 g/mol. The van der Waals surface area contributed by atoms with Gasteiger partial charge in [-0.05, 0) is 25.1 Å². The van der Waals surface area contributed by atoms with Gasteiger partial charge in [0.1, 0.15) is 18.2 Å². The van der Waals surface area contributed by atoms with Crippen LogP contribution in [-0.2, 0) is 11.4 Å². The van der Waals surface area contributed by atoms with Crippen LogP contribution >= 0.6 is 0 Å². The number of carbonyl (C=O) groups excluding carboxylic acids is 2. The SMILES string of the molecule is CC1=C(C(=O)c2ccccc2OCc2ccccc2F)C=CCC1=O. The van der Waals surface area contributed by atoms with E-state index in [9.17, 15) is 14.0 Å². The lowest BCUT2D eigenvalue weighted by Crippen LogP contribution is -2.13. The van der Waals surface area contributed by atoms with Crippen LogP contribution in [0.3, 0.4) is 0 Å². The molecule has 25 heavy (non-hydrogen) atoms. The summed E-state index contributed by atoms with van der Waals surface area (Å²) in [7, 11) is 0. The van der Waals surface area contributed by atoms with E-state index < -0.39 is 0 Å². The van der Waals surface area contributed by atoms with Gasteiger partial charge in [0.25, 0.3) is 0 Å². The molecule has 0 fully saturated rings. The fourth-order valence-corrected chi connectivity index (χ4v) is 2.65. The van der Waals surface area contributed by atoms with E-state index in [1.54, 1.807) is 61.5 Å². The number of ketones is 2. The predicted octanol–water partition coefficient (Wildman–Crippen LogP) is 4.43. The Labute approximate surface area is 145 Å². The van der Waals surface area contributed by atoms with Crippen LogP contribution in [0, 0.1) is 5.82 Å². The molecule has 3 nitrogen and oxygen atoms in total. The highest BCUT2D eigenvalue weighted by molar-refractivity contribution is 6.17. The third-order valence-corrected chi connectivity index (χ3v) is 4.13. The molecule has 2 aromatic rings. The van der Waals surface area contributed by atoms with Gasteiger partial charge in [-0.15, -0.1) is 0 Å². The normalized spacial score (nSPS) is 13.9. The summed E-state index contributed by atoms with van der Waals surface area (Å²) < 4.78 is 19.4. The van der Waals surface area contributed by atoms with Crippen LogP contribution in [0.2, 0.25) is 0 Å². The van der Waals surface area contributed by atoms with Crippen LogP contribution in [0.15, 0.2) is 71.8 Å². The topological polar surface area (TPSA) is 43.4 Å². The molecule has 0 heterocycles. The van der Waals surface area contributed by atoms with Gasteiger partial charge in [-0.3, -0.25) is 9.59 Å². The molecular formula is C21H17FO3. The van der Waals surface area contributed by atoms with Crippen LogP contribution in [0.1, 0.15) is 29.3 Å². The molecule has 3 rings (SSSR count). The molecule has 1 aliphatic rings. The fraction of sp³-hybridized carbons (Fsp3) is 0.143. The molecule has 0 amide bonds. The minimum absolute atomic E-state index is 0.0176. The highest BCUT2D eigenvalue weighted by Crippen LogP contribution is 2.26. The largest absolute Gasteiger partial charge is 0.488 e. The molecule has 0 spiro atoms. The first-order valence-corrected chi connectivity index (χ1v) is 7.98. The van der Waals surface area contributed by atoms with Gasteiger partial charge in [0.05, 0.1) is 5.56 Å². The molecule has 0 saturated carbocycles. The Kier molecular flexibility index (Phi) is 4.89. The van der Waals surface area contributed by atoms with E-state index >= 15 is 0 Å². The molecule has 0 radical (unpaired) electrons. The summed E-state index contributed by atoms with van der Waals surface area (Å²) in [4.78, 5) is 24.7. The third kappa shape index (κ3) is 3.58. The first-order chi connectivity index (χ1) is 12.1. The number of benzene rings is 2. The summed E-state index contributed by atoms with van der Waals surface area (Å²) in [6.45, 7) is 1.67. The quantitative estimate of drug-likeness (QED) is 0.759. The number of para-hydroxylation sites is 1. The van der Waals surface area contributed by atoms with Crippen molar-refractivity contribution in [3.05, 3.63) is 88.8 Å². The van der Waals surface area contributed by atoms with Gasteiger partial charge in [-0.2, -0.15) is 0 Å². The molecule has 126 valence electrons. The number of ether oxygens (including phenoxy) is 1. The van der Waals surface area contributed by atoms with Crippen molar-refractivity contribution in [2.45, 2.75) is 20.0 Å². The lowest BCUT2D eigenvalue weighted by atomic mass is 9.91. The van der Waals surface area contributed by atoms with E-state index in [4.69, 9.17) is 4.74 Å². The van der Waals surface area contributed by atoms with Crippen molar-refractivity contribution in [2.24, 2.45) is 0 Å². The summed E-state index contributed by atoms with van der Waals surface area (Å²) in [5, 5.41) is 0. The van der Waals surface area contributed by atoms with E-state index in [2.05, 4.69) is 0 Å². The van der Waals surface area contributed by atoms with Crippen molar-refractivity contribution in [1.82, 2.24) is 0 Å². The van der Waals surface area contributed by atoms with Gasteiger partial charge in [0.2, 0.25) is 0 Å². The summed E-state index contributed by atoms with van der Waals surface area (Å²) >= 11 is 0. The minimum Gasteiger partial charge on any atom is -0.488 e. The molecular weight excluding hydrogens is 319 g/mol. The van der Waals surface area contributed by atoms with Crippen LogP contribution < -0.4 is 4.74 Å². The average molecular weight is 336 g/mol. The summed E-state index contributed by atoms with van der Waals surface area (Å²) in [5.41, 5.74) is 1.59. The standard InChI is InChI=1S/C21H17FO3/c1-14-16(9-6-11-19(14)23)21(24)17-8-3-5-12-20(17)25-13-15-7-2-4-10-18(15)22/h2-10,12H,11,13H2,1H3. The van der Waals surface area contributed by atoms with Crippen LogP contribution in [0.25, 0.3) is 0 Å². The maximum atomic E-state index is 13.7. The molecule has 0 aliphatic heterocycles. The third-order valence-electron chi connectivity index (χ3n) is 4.13. The lowest BCUT2D eigenvalue weighted by Gasteiger charge is -2.14. The molecule has 0 aromatic heterocycles. The molecule has 0 atom stereocenters. The molecule has 1 aliphatic carbocycles. The number of hydrogen-bond acceptors (Lipinski definition) is 3. The van der Waals surface area contributed by atoms with E-state index in [1.165, 1.54) is 6.07 Å². The molecule has 4 heteroatoms. The van der Waals surface area contributed by atoms with Crippen LogP contribution in [-0.4, -0.2) is 11.6 Å². The first kappa shape index (κ1) is 16.8. The first-order valence-electron chi connectivity index (χ1n) is 7.98. The van der Waals surface area contributed by atoms with Gasteiger partial charge < -0.3 is 4.74 Å². The summed E-state index contributed by atoms with van der Waals surface area (Å²) in [6.07, 6.45) is 3.67. The van der Waals surface area contributed by atoms with E-state index in [0.29, 0.717) is 34.4 Å². The second kappa shape index (κ2) is 7.26. The number of Topliss-reactive ketones (excluding diaryl/α,β-unsaturated/α-hetero) is 2. The van der Waals surface area contributed by atoms with Gasteiger partial charge in [-0.1, -0.05) is 42.5 Å². The van der Waals surface area contributed by atoms with Crippen molar-refractivity contribution in [1.29, 1.82) is 0 Å². The van der Waals surface area contributed by atoms with E-state index in [-0.39, 0.29) is 24.0 Å².